The lowest BCUT2D eigenvalue weighted by Crippen LogP contribution is -2.29. The summed E-state index contributed by atoms with van der Waals surface area (Å²) in [5, 5.41) is 7.37. The largest absolute Gasteiger partial charge is 0.384 e. The van der Waals surface area contributed by atoms with Gasteiger partial charge in [0, 0.05) is 29.9 Å². The van der Waals surface area contributed by atoms with Crippen molar-refractivity contribution in [2.24, 2.45) is 5.73 Å². The molecule has 1 atom stereocenters. The zero-order valence-electron chi connectivity index (χ0n) is 15.0. The van der Waals surface area contributed by atoms with Crippen LogP contribution in [0.4, 0.5) is 5.69 Å². The van der Waals surface area contributed by atoms with Crippen LogP contribution in [0.2, 0.25) is 0 Å². The number of unbranched alkanes of at least 4 members (excludes halogenated alkanes) is 1. The van der Waals surface area contributed by atoms with Crippen LogP contribution in [0.15, 0.2) is 24.3 Å². The van der Waals surface area contributed by atoms with Gasteiger partial charge in [0.15, 0.2) is 0 Å². The second-order valence-electron chi connectivity index (χ2n) is 6.68. The standard InChI is InChI=1S/C20H33N3/c1-4-5-9-18(16(3)23-17-11-12-17)19-10-6-8-15(2)20(19)22-14-7-13-21/h6,8-10,16-17,22-23H,4-5,7,11-14,21H2,1-3H3/b18-9-. The van der Waals surface area contributed by atoms with Gasteiger partial charge >= 0.3 is 0 Å². The van der Waals surface area contributed by atoms with Crippen LogP contribution >= 0.6 is 0 Å². The molecule has 1 aromatic carbocycles. The van der Waals surface area contributed by atoms with Crippen molar-refractivity contribution in [3.8, 4) is 0 Å². The Hall–Kier alpha value is -1.32. The van der Waals surface area contributed by atoms with Crippen molar-refractivity contribution in [1.82, 2.24) is 5.32 Å². The van der Waals surface area contributed by atoms with Gasteiger partial charge in [-0.2, -0.15) is 0 Å². The van der Waals surface area contributed by atoms with Crippen LogP contribution in [0, 0.1) is 6.92 Å². The molecule has 23 heavy (non-hydrogen) atoms. The summed E-state index contributed by atoms with van der Waals surface area (Å²) in [6.07, 6.45) is 8.37. The van der Waals surface area contributed by atoms with Crippen LogP contribution in [0.3, 0.4) is 0 Å². The molecular weight excluding hydrogens is 282 g/mol. The molecule has 1 aliphatic rings. The van der Waals surface area contributed by atoms with E-state index in [-0.39, 0.29) is 0 Å². The summed E-state index contributed by atoms with van der Waals surface area (Å²) < 4.78 is 0. The van der Waals surface area contributed by atoms with Crippen LogP contribution in [0.25, 0.3) is 5.57 Å². The molecule has 0 bridgehead atoms. The van der Waals surface area contributed by atoms with Crippen LogP contribution in [-0.2, 0) is 0 Å². The first-order valence-corrected chi connectivity index (χ1v) is 9.17. The van der Waals surface area contributed by atoms with E-state index in [1.54, 1.807) is 0 Å². The number of hydrogen-bond donors (Lipinski definition) is 3. The van der Waals surface area contributed by atoms with Gasteiger partial charge in [0.2, 0.25) is 0 Å². The molecule has 3 nitrogen and oxygen atoms in total. The molecule has 4 N–H and O–H groups in total. The molecule has 0 radical (unpaired) electrons. The molecule has 2 rings (SSSR count). The Morgan fingerprint density at radius 1 is 1.39 bits per heavy atom. The summed E-state index contributed by atoms with van der Waals surface area (Å²) in [4.78, 5) is 0. The van der Waals surface area contributed by atoms with Gasteiger partial charge in [0.1, 0.15) is 0 Å². The number of nitrogens with one attached hydrogen (secondary N) is 2. The first kappa shape index (κ1) is 18.0. The van der Waals surface area contributed by atoms with E-state index in [0.717, 1.165) is 25.9 Å². The van der Waals surface area contributed by atoms with Crippen LogP contribution in [-0.4, -0.2) is 25.2 Å². The monoisotopic (exact) mass is 315 g/mol. The molecule has 1 saturated carbocycles. The smallest absolute Gasteiger partial charge is 0.0446 e. The Kier molecular flexibility index (Phi) is 7.13. The van der Waals surface area contributed by atoms with E-state index in [0.29, 0.717) is 12.1 Å². The van der Waals surface area contributed by atoms with Crippen molar-refractivity contribution >= 4 is 11.3 Å². The number of hydrogen-bond acceptors (Lipinski definition) is 3. The maximum Gasteiger partial charge on any atom is 0.0446 e. The Balaban J connectivity index is 2.26. The van der Waals surface area contributed by atoms with E-state index in [9.17, 15) is 0 Å². The highest BCUT2D eigenvalue weighted by Gasteiger charge is 2.25. The summed E-state index contributed by atoms with van der Waals surface area (Å²) in [5.41, 5.74) is 11.0. The van der Waals surface area contributed by atoms with Gasteiger partial charge in [-0.05, 0) is 57.2 Å². The summed E-state index contributed by atoms with van der Waals surface area (Å²) in [7, 11) is 0. The van der Waals surface area contributed by atoms with E-state index in [1.165, 1.54) is 41.6 Å². The minimum atomic E-state index is 0.394. The molecule has 1 unspecified atom stereocenters. The fourth-order valence-electron chi connectivity index (χ4n) is 2.97. The van der Waals surface area contributed by atoms with Gasteiger partial charge in [-0.15, -0.1) is 0 Å². The molecule has 0 saturated heterocycles. The number of benzene rings is 1. The van der Waals surface area contributed by atoms with Crippen LogP contribution < -0.4 is 16.4 Å². The summed E-state index contributed by atoms with van der Waals surface area (Å²) in [5.74, 6) is 0. The van der Waals surface area contributed by atoms with Gasteiger partial charge in [0.05, 0.1) is 0 Å². The molecule has 0 aromatic heterocycles. The van der Waals surface area contributed by atoms with E-state index in [1.807, 2.05) is 0 Å². The van der Waals surface area contributed by atoms with Gasteiger partial charge in [-0.3, -0.25) is 0 Å². The van der Waals surface area contributed by atoms with Gasteiger partial charge < -0.3 is 16.4 Å². The maximum atomic E-state index is 5.64. The third-order valence-corrected chi connectivity index (χ3v) is 4.45. The number of allylic oxidation sites excluding steroid dienone is 1. The summed E-state index contributed by atoms with van der Waals surface area (Å²) in [6.45, 7) is 8.38. The molecule has 0 heterocycles. The molecule has 1 fully saturated rings. The predicted molar refractivity (Wildman–Crippen MR) is 102 cm³/mol. The normalized spacial score (nSPS) is 16.4. The molecular formula is C20H33N3. The molecule has 0 amide bonds. The van der Waals surface area contributed by atoms with Crippen LogP contribution in [0.1, 0.15) is 57.1 Å². The maximum absolute atomic E-state index is 5.64. The average Bonchev–Trinajstić information content (AvgIpc) is 3.34. The molecule has 1 aliphatic carbocycles. The Morgan fingerprint density at radius 3 is 2.83 bits per heavy atom. The van der Waals surface area contributed by atoms with Gasteiger partial charge in [-0.25, -0.2) is 0 Å². The highest BCUT2D eigenvalue weighted by atomic mass is 15.0. The molecule has 0 spiro atoms. The lowest BCUT2D eigenvalue weighted by molar-refractivity contribution is 0.639. The Morgan fingerprint density at radius 2 is 2.17 bits per heavy atom. The fraction of sp³-hybridized carbons (Fsp3) is 0.600. The number of nitrogens with two attached hydrogens (primary N) is 1. The van der Waals surface area contributed by atoms with E-state index in [4.69, 9.17) is 5.73 Å². The molecule has 1 aromatic rings. The minimum Gasteiger partial charge on any atom is -0.384 e. The topological polar surface area (TPSA) is 50.1 Å². The van der Waals surface area contributed by atoms with Gasteiger partial charge in [0.25, 0.3) is 0 Å². The third kappa shape index (κ3) is 5.36. The molecule has 3 heteroatoms. The van der Waals surface area contributed by atoms with E-state index >= 15 is 0 Å². The van der Waals surface area contributed by atoms with Crippen molar-refractivity contribution in [2.45, 2.75) is 65.0 Å². The second kappa shape index (κ2) is 9.09. The first-order chi connectivity index (χ1) is 11.2. The Labute approximate surface area is 141 Å². The highest BCUT2D eigenvalue weighted by molar-refractivity contribution is 5.80. The number of rotatable bonds is 10. The van der Waals surface area contributed by atoms with E-state index in [2.05, 4.69) is 55.7 Å². The zero-order chi connectivity index (χ0) is 16.7. The lowest BCUT2D eigenvalue weighted by Gasteiger charge is -2.23. The predicted octanol–water partition coefficient (Wildman–Crippen LogP) is 4.08. The number of aryl methyl sites for hydroxylation is 1. The summed E-state index contributed by atoms with van der Waals surface area (Å²) in [6, 6.07) is 7.72. The Bertz CT molecular complexity index is 518. The van der Waals surface area contributed by atoms with Crippen molar-refractivity contribution in [3.05, 3.63) is 35.4 Å². The highest BCUT2D eigenvalue weighted by Crippen LogP contribution is 2.31. The fourth-order valence-corrected chi connectivity index (χ4v) is 2.97. The second-order valence-corrected chi connectivity index (χ2v) is 6.68. The van der Waals surface area contributed by atoms with E-state index < -0.39 is 0 Å². The van der Waals surface area contributed by atoms with Crippen LogP contribution in [0.5, 0.6) is 0 Å². The minimum absolute atomic E-state index is 0.394. The third-order valence-electron chi connectivity index (χ3n) is 4.45. The first-order valence-electron chi connectivity index (χ1n) is 9.17. The van der Waals surface area contributed by atoms with Crippen molar-refractivity contribution < 1.29 is 0 Å². The number of anilines is 1. The average molecular weight is 316 g/mol. The lowest BCUT2D eigenvalue weighted by atomic mass is 9.94. The quantitative estimate of drug-likeness (QED) is 0.570. The molecule has 0 aliphatic heterocycles. The van der Waals surface area contributed by atoms with Gasteiger partial charge in [-0.1, -0.05) is 37.6 Å². The van der Waals surface area contributed by atoms with Crippen molar-refractivity contribution in [1.29, 1.82) is 0 Å². The number of para-hydroxylation sites is 1. The zero-order valence-corrected chi connectivity index (χ0v) is 15.0. The van der Waals surface area contributed by atoms with Crippen molar-refractivity contribution in [2.75, 3.05) is 18.4 Å². The summed E-state index contributed by atoms with van der Waals surface area (Å²) >= 11 is 0. The molecule has 128 valence electrons. The SMILES string of the molecule is CCC/C=C(\c1cccc(C)c1NCCCN)C(C)NC1CC1. The van der Waals surface area contributed by atoms with Crippen molar-refractivity contribution in [3.63, 3.8) is 0 Å².